The first kappa shape index (κ1) is 36.7. The summed E-state index contributed by atoms with van der Waals surface area (Å²) in [5.41, 5.74) is 0. The van der Waals surface area contributed by atoms with Gasteiger partial charge in [0, 0.05) is 28.9 Å². The van der Waals surface area contributed by atoms with Crippen LogP contribution < -0.4 is 0 Å². The second-order valence-electron chi connectivity index (χ2n) is 14.0. The summed E-state index contributed by atoms with van der Waals surface area (Å²) in [5.74, 6) is 0.109. The molecule has 1 saturated heterocycles. The average Bonchev–Trinajstić information content (AvgIpc) is 3.53. The topological polar surface area (TPSA) is 74.2 Å². The maximum Gasteiger partial charge on any atom is 0.348 e. The lowest BCUT2D eigenvalue weighted by Crippen LogP contribution is -2.43. The molecule has 1 unspecified atom stereocenters. The van der Waals surface area contributed by atoms with Crippen LogP contribution in [-0.2, 0) is 25.1 Å². The normalized spacial score (nSPS) is 26.6. The monoisotopic (exact) mass is 656 g/mol. The van der Waals surface area contributed by atoms with Crippen molar-refractivity contribution in [2.45, 2.75) is 146 Å². The number of esters is 1. The van der Waals surface area contributed by atoms with Gasteiger partial charge >= 0.3 is 5.97 Å². The number of carbonyl (C=O) groups is 1. The molecule has 0 radical (unpaired) electrons. The molecule has 1 aromatic heterocycles. The smallest absolute Gasteiger partial charge is 0.348 e. The van der Waals surface area contributed by atoms with Crippen LogP contribution in [0.2, 0.25) is 18.1 Å². The minimum atomic E-state index is -1.76. The zero-order valence-corrected chi connectivity index (χ0v) is 30.2. The lowest BCUT2D eigenvalue weighted by atomic mass is 9.88. The van der Waals surface area contributed by atoms with Gasteiger partial charge in [-0.1, -0.05) is 45.8 Å². The van der Waals surface area contributed by atoms with Crippen molar-refractivity contribution >= 4 is 37.2 Å². The number of alkyl halides is 1. The fourth-order valence-electron chi connectivity index (χ4n) is 5.98. The first-order valence-corrected chi connectivity index (χ1v) is 20.6. The van der Waals surface area contributed by atoms with Gasteiger partial charge in [0.25, 0.3) is 0 Å². The molecule has 0 bridgehead atoms. The minimum Gasteiger partial charge on any atom is -0.465 e. The molecule has 1 aliphatic carbocycles. The molecule has 0 amide bonds. The SMILES string of the molecule is COC(=O)c1ccc(CCC[C@@H]2[C@@H](/C=C/[C@H](O)CCCC[C@@H](C)O[Si](C)(C)C(C)(C)C)[C@H](OC3CCCCO3)C[C@H]2Cl)s1. The Hall–Kier alpha value is -0.743. The zero-order valence-electron chi connectivity index (χ0n) is 27.6. The molecule has 3 rings (SSSR count). The number of carbonyl (C=O) groups excluding carboxylic acids is 1. The van der Waals surface area contributed by atoms with Gasteiger partial charge in [-0.15, -0.1) is 22.9 Å². The van der Waals surface area contributed by atoms with E-state index >= 15 is 0 Å². The number of rotatable bonds is 16. The summed E-state index contributed by atoms with van der Waals surface area (Å²) in [6.45, 7) is 14.4. The van der Waals surface area contributed by atoms with Crippen LogP contribution in [0.4, 0.5) is 0 Å². The van der Waals surface area contributed by atoms with Crippen LogP contribution in [0.3, 0.4) is 0 Å². The van der Waals surface area contributed by atoms with Crippen LogP contribution in [0.25, 0.3) is 0 Å². The molecule has 1 aromatic rings. The number of aryl methyl sites for hydroxylation is 1. The zero-order chi connectivity index (χ0) is 31.6. The number of hydrogen-bond acceptors (Lipinski definition) is 7. The van der Waals surface area contributed by atoms with Gasteiger partial charge < -0.3 is 23.7 Å². The van der Waals surface area contributed by atoms with E-state index in [1.165, 1.54) is 23.3 Å². The lowest BCUT2D eigenvalue weighted by Gasteiger charge is -2.38. The molecule has 2 aliphatic rings. The van der Waals surface area contributed by atoms with Crippen molar-refractivity contribution in [2.24, 2.45) is 11.8 Å². The van der Waals surface area contributed by atoms with Crippen LogP contribution >= 0.6 is 22.9 Å². The van der Waals surface area contributed by atoms with E-state index in [-0.39, 0.29) is 46.7 Å². The van der Waals surface area contributed by atoms with Crippen molar-refractivity contribution < 1.29 is 28.5 Å². The Kier molecular flexibility index (Phi) is 14.7. The van der Waals surface area contributed by atoms with Gasteiger partial charge in [0.05, 0.1) is 19.3 Å². The molecule has 1 saturated carbocycles. The Balaban J connectivity index is 1.53. The molecule has 1 aliphatic heterocycles. The van der Waals surface area contributed by atoms with E-state index in [4.69, 9.17) is 30.2 Å². The Morgan fingerprint density at radius 2 is 1.95 bits per heavy atom. The molecular weight excluding hydrogens is 600 g/mol. The van der Waals surface area contributed by atoms with Crippen molar-refractivity contribution in [3.8, 4) is 0 Å². The van der Waals surface area contributed by atoms with Crippen molar-refractivity contribution in [2.75, 3.05) is 13.7 Å². The second-order valence-corrected chi connectivity index (χ2v) is 20.5. The van der Waals surface area contributed by atoms with E-state index in [1.807, 2.05) is 18.2 Å². The molecular formula is C34H57ClO6SSi. The summed E-state index contributed by atoms with van der Waals surface area (Å²) in [4.78, 5) is 13.7. The van der Waals surface area contributed by atoms with Gasteiger partial charge in [-0.05, 0) is 101 Å². The predicted octanol–water partition coefficient (Wildman–Crippen LogP) is 8.90. The van der Waals surface area contributed by atoms with Gasteiger partial charge in [0.15, 0.2) is 14.6 Å². The molecule has 2 fully saturated rings. The number of halogens is 1. The van der Waals surface area contributed by atoms with Gasteiger partial charge in [0.2, 0.25) is 0 Å². The van der Waals surface area contributed by atoms with Crippen LogP contribution in [0.1, 0.15) is 106 Å². The first-order chi connectivity index (χ1) is 20.3. The molecule has 43 heavy (non-hydrogen) atoms. The molecule has 9 heteroatoms. The maximum atomic E-state index is 11.8. The summed E-state index contributed by atoms with van der Waals surface area (Å²) in [6.07, 6.45) is 14.2. The van der Waals surface area contributed by atoms with Crippen molar-refractivity contribution in [3.63, 3.8) is 0 Å². The van der Waals surface area contributed by atoms with E-state index < -0.39 is 14.4 Å². The van der Waals surface area contributed by atoms with E-state index in [9.17, 15) is 9.90 Å². The number of unbranched alkanes of at least 4 members (excludes halogenated alkanes) is 1. The van der Waals surface area contributed by atoms with E-state index in [2.05, 4.69) is 46.9 Å². The molecule has 0 spiro atoms. The standard InChI is InChI=1S/C34H57ClO6SSi/c1-24(41-43(6,7)34(2,3)4)13-8-9-14-25(36)18-20-28-27(16-12-15-26-19-21-31(42-26)33(37)38-5)29(35)23-30(28)40-32-17-10-11-22-39-32/h18-21,24-25,27-30,32,36H,8-17,22-23H2,1-7H3/b20-18+/t24-,25-,27-,28-,29-,30-,32?/m1/s1. The molecule has 6 nitrogen and oxygen atoms in total. The van der Waals surface area contributed by atoms with Crippen molar-refractivity contribution in [3.05, 3.63) is 34.0 Å². The molecule has 7 atom stereocenters. The van der Waals surface area contributed by atoms with Crippen molar-refractivity contribution in [1.29, 1.82) is 0 Å². The highest BCUT2D eigenvalue weighted by atomic mass is 35.5. The minimum absolute atomic E-state index is 0.0109. The molecule has 0 aromatic carbocycles. The Morgan fingerprint density at radius 1 is 1.21 bits per heavy atom. The molecule has 2 heterocycles. The van der Waals surface area contributed by atoms with Crippen LogP contribution in [0.15, 0.2) is 24.3 Å². The van der Waals surface area contributed by atoms with Crippen LogP contribution in [-0.4, -0.2) is 63.1 Å². The first-order valence-electron chi connectivity index (χ1n) is 16.4. The van der Waals surface area contributed by atoms with Crippen LogP contribution in [0, 0.1) is 11.8 Å². The van der Waals surface area contributed by atoms with Crippen LogP contribution in [0.5, 0.6) is 0 Å². The number of hydrogen-bond donors (Lipinski definition) is 1. The summed E-state index contributed by atoms with van der Waals surface area (Å²) >= 11 is 8.47. The predicted molar refractivity (Wildman–Crippen MR) is 180 cm³/mol. The number of thiophene rings is 1. The number of aliphatic hydroxyl groups excluding tert-OH is 1. The number of ether oxygens (including phenoxy) is 3. The summed E-state index contributed by atoms with van der Waals surface area (Å²) in [5, 5.41) is 11.1. The van der Waals surface area contributed by atoms with E-state index in [0.717, 1.165) is 77.2 Å². The van der Waals surface area contributed by atoms with Crippen molar-refractivity contribution in [1.82, 2.24) is 0 Å². The highest BCUT2D eigenvalue weighted by molar-refractivity contribution is 7.13. The molecule has 1 N–H and O–H groups in total. The van der Waals surface area contributed by atoms with Gasteiger partial charge in [-0.3, -0.25) is 0 Å². The number of aliphatic hydroxyl groups is 1. The van der Waals surface area contributed by atoms with E-state index in [0.29, 0.717) is 4.88 Å². The largest absolute Gasteiger partial charge is 0.465 e. The summed E-state index contributed by atoms with van der Waals surface area (Å²) in [6, 6.07) is 3.86. The molecule has 246 valence electrons. The Labute approximate surface area is 271 Å². The van der Waals surface area contributed by atoms with E-state index in [1.54, 1.807) is 0 Å². The third-order valence-corrected chi connectivity index (χ3v) is 15.8. The third kappa shape index (κ3) is 11.5. The quantitative estimate of drug-likeness (QED) is 0.0630. The highest BCUT2D eigenvalue weighted by Gasteiger charge is 2.43. The summed E-state index contributed by atoms with van der Waals surface area (Å²) in [7, 11) is -0.345. The lowest BCUT2D eigenvalue weighted by molar-refractivity contribution is -0.192. The second kappa shape index (κ2) is 17.3. The Bertz CT molecular complexity index is 1000. The van der Waals surface area contributed by atoms with Gasteiger partial charge in [-0.25, -0.2) is 4.79 Å². The summed E-state index contributed by atoms with van der Waals surface area (Å²) < 4.78 is 23.8. The highest BCUT2D eigenvalue weighted by Crippen LogP contribution is 2.43. The van der Waals surface area contributed by atoms with Gasteiger partial charge in [0.1, 0.15) is 4.88 Å². The maximum absolute atomic E-state index is 11.8. The Morgan fingerprint density at radius 3 is 2.63 bits per heavy atom. The average molecular weight is 657 g/mol. The van der Waals surface area contributed by atoms with Gasteiger partial charge in [-0.2, -0.15) is 0 Å². The fourth-order valence-corrected chi connectivity index (χ4v) is 8.90. The number of methoxy groups -OCH3 is 1. The third-order valence-electron chi connectivity index (χ3n) is 9.54. The fraction of sp³-hybridized carbons (Fsp3) is 0.794.